The third kappa shape index (κ3) is 4.21. The molecular formula is C12H17ClFNO. The average molecular weight is 246 g/mol. The Morgan fingerprint density at radius 1 is 1.56 bits per heavy atom. The van der Waals surface area contributed by atoms with Crippen LogP contribution >= 0.6 is 12.4 Å². The van der Waals surface area contributed by atoms with E-state index in [9.17, 15) is 4.39 Å². The summed E-state index contributed by atoms with van der Waals surface area (Å²) in [6.07, 6.45) is 1.52. The quantitative estimate of drug-likeness (QED) is 0.885. The van der Waals surface area contributed by atoms with E-state index in [0.29, 0.717) is 0 Å². The number of methoxy groups -OCH3 is 1. The predicted molar refractivity (Wildman–Crippen MR) is 66.9 cm³/mol. The second kappa shape index (κ2) is 7.25. The van der Waals surface area contributed by atoms with E-state index in [0.717, 1.165) is 11.3 Å². The lowest BCUT2D eigenvalue weighted by atomic mass is 10.0. The van der Waals surface area contributed by atoms with Crippen LogP contribution in [0.1, 0.15) is 18.4 Å². The van der Waals surface area contributed by atoms with E-state index in [2.05, 4.69) is 0 Å². The maximum atomic E-state index is 13.0. The van der Waals surface area contributed by atoms with E-state index >= 15 is 0 Å². The van der Waals surface area contributed by atoms with Gasteiger partial charge in [-0.1, -0.05) is 19.1 Å². The fourth-order valence-electron chi connectivity index (χ4n) is 1.36. The van der Waals surface area contributed by atoms with E-state index in [1.54, 1.807) is 7.11 Å². The van der Waals surface area contributed by atoms with Crippen LogP contribution in [0.25, 0.3) is 0 Å². The Bertz CT molecular complexity index is 355. The van der Waals surface area contributed by atoms with Crippen molar-refractivity contribution in [3.63, 3.8) is 0 Å². The summed E-state index contributed by atoms with van der Waals surface area (Å²) in [5.74, 6) is 0.495. The van der Waals surface area contributed by atoms with Gasteiger partial charge in [-0.15, -0.1) is 12.4 Å². The van der Waals surface area contributed by atoms with Gasteiger partial charge in [-0.25, -0.2) is 4.39 Å². The summed E-state index contributed by atoms with van der Waals surface area (Å²) in [5.41, 5.74) is 6.20. The van der Waals surface area contributed by atoms with Crippen molar-refractivity contribution in [1.82, 2.24) is 0 Å². The first-order chi connectivity index (χ1) is 7.17. The number of hydrogen-bond acceptors (Lipinski definition) is 2. The van der Waals surface area contributed by atoms with Crippen LogP contribution in [0.2, 0.25) is 0 Å². The van der Waals surface area contributed by atoms with Gasteiger partial charge in [0, 0.05) is 12.5 Å². The van der Waals surface area contributed by atoms with Crippen LogP contribution in [0.15, 0.2) is 36.2 Å². The topological polar surface area (TPSA) is 35.2 Å². The molecule has 0 radical (unpaired) electrons. The first kappa shape index (κ1) is 14.9. The van der Waals surface area contributed by atoms with Crippen LogP contribution in [0.4, 0.5) is 4.39 Å². The molecule has 1 atom stereocenters. The Labute approximate surface area is 102 Å². The molecule has 0 aromatic heterocycles. The van der Waals surface area contributed by atoms with Crippen LogP contribution in [-0.4, -0.2) is 13.7 Å². The Balaban J connectivity index is 0.00000225. The molecule has 4 heteroatoms. The molecule has 16 heavy (non-hydrogen) atoms. The SMILES string of the molecule is COc1cccc(C(C)/C=C(/F)CN)c1.Cl. The second-order valence-electron chi connectivity index (χ2n) is 3.38. The summed E-state index contributed by atoms with van der Waals surface area (Å²) in [4.78, 5) is 0. The number of benzene rings is 1. The third-order valence-corrected chi connectivity index (χ3v) is 2.25. The molecule has 0 saturated carbocycles. The van der Waals surface area contributed by atoms with Gasteiger partial charge in [-0.05, 0) is 23.8 Å². The van der Waals surface area contributed by atoms with Crippen molar-refractivity contribution in [1.29, 1.82) is 0 Å². The standard InChI is InChI=1S/C12H16FNO.ClH/c1-9(6-11(13)8-14)10-4-3-5-12(7-10)15-2;/h3-7,9H,8,14H2,1-2H3;1H/b11-6+;. The highest BCUT2D eigenvalue weighted by molar-refractivity contribution is 5.85. The molecule has 0 aliphatic carbocycles. The molecule has 0 heterocycles. The van der Waals surface area contributed by atoms with E-state index in [4.69, 9.17) is 10.5 Å². The van der Waals surface area contributed by atoms with Crippen molar-refractivity contribution >= 4 is 12.4 Å². The van der Waals surface area contributed by atoms with Crippen molar-refractivity contribution < 1.29 is 9.13 Å². The number of nitrogens with two attached hydrogens (primary N) is 1. The summed E-state index contributed by atoms with van der Waals surface area (Å²) in [6.45, 7) is 1.87. The lowest BCUT2D eigenvalue weighted by Gasteiger charge is -2.08. The zero-order valence-corrected chi connectivity index (χ0v) is 10.3. The van der Waals surface area contributed by atoms with Crippen molar-refractivity contribution in [2.45, 2.75) is 12.8 Å². The fourth-order valence-corrected chi connectivity index (χ4v) is 1.36. The van der Waals surface area contributed by atoms with E-state index in [1.807, 2.05) is 31.2 Å². The minimum absolute atomic E-state index is 0. The lowest BCUT2D eigenvalue weighted by molar-refractivity contribution is 0.414. The summed E-state index contributed by atoms with van der Waals surface area (Å²) in [7, 11) is 1.61. The fraction of sp³-hybridized carbons (Fsp3) is 0.333. The van der Waals surface area contributed by atoms with Crippen molar-refractivity contribution in [2.24, 2.45) is 5.73 Å². The van der Waals surface area contributed by atoms with Crippen molar-refractivity contribution in [2.75, 3.05) is 13.7 Å². The Morgan fingerprint density at radius 2 is 2.25 bits per heavy atom. The molecule has 0 bridgehead atoms. The first-order valence-electron chi connectivity index (χ1n) is 4.87. The van der Waals surface area contributed by atoms with Gasteiger partial charge < -0.3 is 10.5 Å². The molecule has 0 spiro atoms. The Hall–Kier alpha value is -1.06. The maximum absolute atomic E-state index is 13.0. The molecular weight excluding hydrogens is 229 g/mol. The van der Waals surface area contributed by atoms with Crippen LogP contribution in [0.3, 0.4) is 0 Å². The zero-order valence-electron chi connectivity index (χ0n) is 9.44. The molecule has 1 aromatic rings. The number of halogens is 2. The summed E-state index contributed by atoms with van der Waals surface area (Å²) in [6, 6.07) is 7.58. The van der Waals surface area contributed by atoms with Gasteiger partial charge in [-0.3, -0.25) is 0 Å². The molecule has 2 nitrogen and oxygen atoms in total. The highest BCUT2D eigenvalue weighted by Gasteiger charge is 2.04. The maximum Gasteiger partial charge on any atom is 0.119 e. The predicted octanol–water partition coefficient (Wildman–Crippen LogP) is 3.03. The highest BCUT2D eigenvalue weighted by atomic mass is 35.5. The minimum Gasteiger partial charge on any atom is -0.497 e. The van der Waals surface area contributed by atoms with Crippen LogP contribution in [-0.2, 0) is 0 Å². The number of rotatable bonds is 4. The Morgan fingerprint density at radius 3 is 2.81 bits per heavy atom. The molecule has 0 aliphatic rings. The van der Waals surface area contributed by atoms with E-state index in [-0.39, 0.29) is 30.7 Å². The molecule has 0 aliphatic heterocycles. The van der Waals surface area contributed by atoms with Crippen LogP contribution < -0.4 is 10.5 Å². The molecule has 2 N–H and O–H groups in total. The molecule has 90 valence electrons. The van der Waals surface area contributed by atoms with E-state index in [1.165, 1.54) is 6.08 Å². The third-order valence-electron chi connectivity index (χ3n) is 2.25. The smallest absolute Gasteiger partial charge is 0.119 e. The summed E-state index contributed by atoms with van der Waals surface area (Å²) < 4.78 is 18.1. The number of allylic oxidation sites excluding steroid dienone is 1. The molecule has 1 aromatic carbocycles. The number of ether oxygens (including phenoxy) is 1. The van der Waals surface area contributed by atoms with Crippen LogP contribution in [0, 0.1) is 0 Å². The average Bonchev–Trinajstić information content (AvgIpc) is 2.28. The van der Waals surface area contributed by atoms with Gasteiger partial charge in [0.1, 0.15) is 11.6 Å². The lowest BCUT2D eigenvalue weighted by Crippen LogP contribution is -2.00. The summed E-state index contributed by atoms with van der Waals surface area (Å²) >= 11 is 0. The zero-order chi connectivity index (χ0) is 11.3. The highest BCUT2D eigenvalue weighted by Crippen LogP contribution is 2.22. The van der Waals surface area contributed by atoms with Gasteiger partial charge >= 0.3 is 0 Å². The normalized spacial score (nSPS) is 12.9. The Kier molecular flexibility index (Phi) is 6.77. The monoisotopic (exact) mass is 245 g/mol. The van der Waals surface area contributed by atoms with Crippen molar-refractivity contribution in [3.05, 3.63) is 41.7 Å². The molecule has 0 saturated heterocycles. The van der Waals surface area contributed by atoms with Crippen molar-refractivity contribution in [3.8, 4) is 5.75 Å². The molecule has 0 amide bonds. The van der Waals surface area contributed by atoms with Gasteiger partial charge in [0.25, 0.3) is 0 Å². The molecule has 1 rings (SSSR count). The molecule has 0 fully saturated rings. The van der Waals surface area contributed by atoms with Crippen LogP contribution in [0.5, 0.6) is 5.75 Å². The first-order valence-corrected chi connectivity index (χ1v) is 4.87. The summed E-state index contributed by atoms with van der Waals surface area (Å²) in [5, 5.41) is 0. The van der Waals surface area contributed by atoms with Gasteiger partial charge in [-0.2, -0.15) is 0 Å². The van der Waals surface area contributed by atoms with Gasteiger partial charge in [0.15, 0.2) is 0 Å². The molecule has 1 unspecified atom stereocenters. The van der Waals surface area contributed by atoms with E-state index < -0.39 is 0 Å². The number of hydrogen-bond donors (Lipinski definition) is 1. The minimum atomic E-state index is -0.287. The second-order valence-corrected chi connectivity index (χ2v) is 3.38. The largest absolute Gasteiger partial charge is 0.497 e. The van der Waals surface area contributed by atoms with Gasteiger partial charge in [0.2, 0.25) is 0 Å². The van der Waals surface area contributed by atoms with Gasteiger partial charge in [0.05, 0.1) is 7.11 Å².